The van der Waals surface area contributed by atoms with Crippen LogP contribution in [0.3, 0.4) is 0 Å². The first-order valence-electron chi connectivity index (χ1n) is 8.45. The van der Waals surface area contributed by atoms with Crippen LogP contribution in [0.2, 0.25) is 0 Å². The smallest absolute Gasteiger partial charge is 0.230 e. The summed E-state index contributed by atoms with van der Waals surface area (Å²) < 4.78 is 0. The summed E-state index contributed by atoms with van der Waals surface area (Å²) >= 11 is 1.22. The Morgan fingerprint density at radius 3 is 2.56 bits per heavy atom. The lowest BCUT2D eigenvalue weighted by Gasteiger charge is -2.20. The normalized spacial score (nSPS) is 14.6. The molecule has 0 saturated heterocycles. The molecule has 1 atom stereocenters. The van der Waals surface area contributed by atoms with Crippen molar-refractivity contribution in [2.75, 3.05) is 17.2 Å². The van der Waals surface area contributed by atoms with Gasteiger partial charge in [-0.15, -0.1) is 0 Å². The fourth-order valence-corrected chi connectivity index (χ4v) is 3.73. The average molecular weight is 357 g/mol. The molecule has 7 heteroatoms. The van der Waals surface area contributed by atoms with Crippen LogP contribution in [0, 0.1) is 0 Å². The Morgan fingerprint density at radius 2 is 1.84 bits per heavy atom. The van der Waals surface area contributed by atoms with Gasteiger partial charge in [-0.25, -0.2) is 9.97 Å². The first kappa shape index (κ1) is 17.5. The molecule has 6 nitrogen and oxygen atoms in total. The molecule has 0 bridgehead atoms. The monoisotopic (exact) mass is 357 g/mol. The van der Waals surface area contributed by atoms with Crippen molar-refractivity contribution in [1.82, 2.24) is 15.3 Å². The van der Waals surface area contributed by atoms with Crippen molar-refractivity contribution >= 4 is 29.3 Å². The molecular formula is C18H23N5OS. The lowest BCUT2D eigenvalue weighted by atomic mass is 9.89. The zero-order valence-corrected chi connectivity index (χ0v) is 15.1. The Labute approximate surface area is 151 Å². The first-order valence-corrected chi connectivity index (χ1v) is 9.44. The Balaban J connectivity index is 1.57. The number of thioether (sulfide) groups is 1. The molecule has 0 radical (unpaired) electrons. The van der Waals surface area contributed by atoms with E-state index in [0.717, 1.165) is 18.4 Å². The van der Waals surface area contributed by atoms with Gasteiger partial charge in [0.1, 0.15) is 11.6 Å². The number of fused-ring (bicyclic) bond motifs is 1. The number of anilines is 2. The zero-order chi connectivity index (χ0) is 17.8. The number of nitrogens with one attached hydrogen (secondary N) is 1. The molecule has 25 heavy (non-hydrogen) atoms. The number of amides is 1. The highest BCUT2D eigenvalue weighted by Gasteiger charge is 2.14. The topological polar surface area (TPSA) is 107 Å². The van der Waals surface area contributed by atoms with E-state index in [4.69, 9.17) is 11.5 Å². The summed E-state index contributed by atoms with van der Waals surface area (Å²) in [5.41, 5.74) is 15.3. The minimum atomic E-state index is -0.0696. The molecular weight excluding hydrogens is 334 g/mol. The van der Waals surface area contributed by atoms with E-state index in [1.165, 1.54) is 41.8 Å². The second-order valence-corrected chi connectivity index (χ2v) is 7.26. The number of rotatable bonds is 5. The molecule has 1 aliphatic rings. The lowest BCUT2D eigenvalue weighted by molar-refractivity contribution is -0.119. The van der Waals surface area contributed by atoms with Gasteiger partial charge in [-0.1, -0.05) is 30.0 Å². The van der Waals surface area contributed by atoms with Gasteiger partial charge >= 0.3 is 0 Å². The van der Waals surface area contributed by atoms with Crippen LogP contribution in [0.1, 0.15) is 42.5 Å². The van der Waals surface area contributed by atoms with E-state index in [1.807, 2.05) is 6.92 Å². The number of hydrogen-bond acceptors (Lipinski definition) is 6. The fourth-order valence-electron chi connectivity index (χ4n) is 3.05. The Bertz CT molecular complexity index is 760. The number of nitrogens with zero attached hydrogens (tertiary/aromatic N) is 2. The van der Waals surface area contributed by atoms with Gasteiger partial charge < -0.3 is 16.8 Å². The van der Waals surface area contributed by atoms with Gasteiger partial charge in [-0.05, 0) is 49.3 Å². The predicted molar refractivity (Wildman–Crippen MR) is 101 cm³/mol. The van der Waals surface area contributed by atoms with Crippen LogP contribution in [0.4, 0.5) is 11.6 Å². The second-order valence-electron chi connectivity index (χ2n) is 6.31. The third-order valence-electron chi connectivity index (χ3n) is 4.33. The van der Waals surface area contributed by atoms with E-state index >= 15 is 0 Å². The maximum atomic E-state index is 12.2. The fraction of sp³-hybridized carbons (Fsp3) is 0.389. The van der Waals surface area contributed by atoms with Gasteiger partial charge in [0.2, 0.25) is 5.91 Å². The Kier molecular flexibility index (Phi) is 5.43. The molecule has 0 spiro atoms. The zero-order valence-electron chi connectivity index (χ0n) is 14.3. The molecule has 0 saturated carbocycles. The minimum absolute atomic E-state index is 0.0350. The van der Waals surface area contributed by atoms with Crippen molar-refractivity contribution in [1.29, 1.82) is 0 Å². The van der Waals surface area contributed by atoms with Crippen molar-refractivity contribution < 1.29 is 4.79 Å². The highest BCUT2D eigenvalue weighted by molar-refractivity contribution is 7.99. The summed E-state index contributed by atoms with van der Waals surface area (Å²) in [6.45, 7) is 2.00. The largest absolute Gasteiger partial charge is 0.383 e. The maximum absolute atomic E-state index is 12.2. The number of carbonyl (C=O) groups is 1. The SMILES string of the molecule is CC(NC(=O)CSc1nc(N)cc(N)n1)c1ccc2c(c1)CCCC2. The molecule has 1 heterocycles. The van der Waals surface area contributed by atoms with Gasteiger partial charge in [-0.2, -0.15) is 0 Å². The van der Waals surface area contributed by atoms with E-state index < -0.39 is 0 Å². The summed E-state index contributed by atoms with van der Waals surface area (Å²) in [6, 6.07) is 8.00. The third-order valence-corrected chi connectivity index (χ3v) is 5.17. The first-order chi connectivity index (χ1) is 12.0. The van der Waals surface area contributed by atoms with Crippen molar-refractivity contribution in [2.24, 2.45) is 0 Å². The van der Waals surface area contributed by atoms with Crippen molar-refractivity contribution in [3.8, 4) is 0 Å². The Hall–Kier alpha value is -2.28. The van der Waals surface area contributed by atoms with Crippen molar-refractivity contribution in [3.05, 3.63) is 41.0 Å². The number of carbonyl (C=O) groups excluding carboxylic acids is 1. The summed E-state index contributed by atoms with van der Waals surface area (Å²) in [5.74, 6) is 0.758. The minimum Gasteiger partial charge on any atom is -0.383 e. The van der Waals surface area contributed by atoms with E-state index in [1.54, 1.807) is 0 Å². The molecule has 1 aliphatic carbocycles. The lowest BCUT2D eigenvalue weighted by Crippen LogP contribution is -2.28. The number of benzene rings is 1. The number of nitrogens with two attached hydrogens (primary N) is 2. The number of nitrogen functional groups attached to an aromatic ring is 2. The van der Waals surface area contributed by atoms with E-state index in [9.17, 15) is 4.79 Å². The highest BCUT2D eigenvalue weighted by Crippen LogP contribution is 2.25. The van der Waals surface area contributed by atoms with Gasteiger partial charge in [0.25, 0.3) is 0 Å². The number of aryl methyl sites for hydroxylation is 2. The van der Waals surface area contributed by atoms with Crippen LogP contribution in [0.5, 0.6) is 0 Å². The van der Waals surface area contributed by atoms with Crippen molar-refractivity contribution in [2.45, 2.75) is 43.8 Å². The molecule has 0 fully saturated rings. The molecule has 2 aromatic rings. The molecule has 5 N–H and O–H groups in total. The summed E-state index contributed by atoms with van der Waals surface area (Å²) in [5, 5.41) is 3.44. The molecule has 132 valence electrons. The van der Waals surface area contributed by atoms with E-state index in [0.29, 0.717) is 16.8 Å². The average Bonchev–Trinajstić information content (AvgIpc) is 2.58. The summed E-state index contributed by atoms with van der Waals surface area (Å²) in [4.78, 5) is 20.3. The van der Waals surface area contributed by atoms with Crippen LogP contribution in [0.15, 0.2) is 29.4 Å². The summed E-state index contributed by atoms with van der Waals surface area (Å²) in [7, 11) is 0. The van der Waals surface area contributed by atoms with E-state index in [2.05, 4.69) is 33.5 Å². The third kappa shape index (κ3) is 4.63. The van der Waals surface area contributed by atoms with Crippen LogP contribution in [-0.2, 0) is 17.6 Å². The number of hydrogen-bond donors (Lipinski definition) is 3. The molecule has 1 aromatic heterocycles. The molecule has 1 unspecified atom stereocenters. The van der Waals surface area contributed by atoms with Gasteiger partial charge in [0.15, 0.2) is 5.16 Å². The second kappa shape index (κ2) is 7.74. The van der Waals surface area contributed by atoms with Crippen LogP contribution < -0.4 is 16.8 Å². The van der Waals surface area contributed by atoms with Crippen molar-refractivity contribution in [3.63, 3.8) is 0 Å². The van der Waals surface area contributed by atoms with Gasteiger partial charge in [-0.3, -0.25) is 4.79 Å². The van der Waals surface area contributed by atoms with Crippen LogP contribution in [-0.4, -0.2) is 21.6 Å². The molecule has 0 aliphatic heterocycles. The number of aromatic nitrogens is 2. The molecule has 1 aromatic carbocycles. The standard InChI is InChI=1S/C18H23N5OS/c1-11(13-7-6-12-4-2-3-5-14(12)8-13)21-17(24)10-25-18-22-15(19)9-16(20)23-18/h6-9,11H,2-5,10H2,1H3,(H,21,24)(H4,19,20,22,23). The summed E-state index contributed by atoms with van der Waals surface area (Å²) in [6.07, 6.45) is 4.81. The molecule has 1 amide bonds. The highest BCUT2D eigenvalue weighted by atomic mass is 32.2. The van der Waals surface area contributed by atoms with Gasteiger partial charge in [0.05, 0.1) is 11.8 Å². The van der Waals surface area contributed by atoms with Gasteiger partial charge in [0, 0.05) is 6.07 Å². The Morgan fingerprint density at radius 1 is 1.16 bits per heavy atom. The van der Waals surface area contributed by atoms with Crippen LogP contribution >= 0.6 is 11.8 Å². The van der Waals surface area contributed by atoms with Crippen LogP contribution in [0.25, 0.3) is 0 Å². The van der Waals surface area contributed by atoms with E-state index in [-0.39, 0.29) is 17.7 Å². The maximum Gasteiger partial charge on any atom is 0.230 e. The predicted octanol–water partition coefficient (Wildman–Crippen LogP) is 2.49. The molecule has 3 rings (SSSR count). The quantitative estimate of drug-likeness (QED) is 0.560.